The molecule has 2 aromatic heterocycles. The summed E-state index contributed by atoms with van der Waals surface area (Å²) in [6, 6.07) is 12.5. The molecular formula is C23H21BrN4O2S. The van der Waals surface area contributed by atoms with Gasteiger partial charge < -0.3 is 10.2 Å². The predicted molar refractivity (Wildman–Crippen MR) is 126 cm³/mol. The Labute approximate surface area is 193 Å². The lowest BCUT2D eigenvalue weighted by Gasteiger charge is -2.18. The Balaban J connectivity index is 1.42. The number of pyridine rings is 1. The second-order valence-corrected chi connectivity index (χ2v) is 9.14. The Kier molecular flexibility index (Phi) is 6.58. The highest BCUT2D eigenvalue weighted by Gasteiger charge is 2.19. The number of amides is 1. The number of benzene rings is 1. The molecule has 8 heteroatoms. The van der Waals surface area contributed by atoms with Crippen LogP contribution in [0.25, 0.3) is 0 Å². The minimum Gasteiger partial charge on any atom is -0.357 e. The molecule has 1 aliphatic heterocycles. The number of ketones is 1. The molecule has 1 saturated heterocycles. The van der Waals surface area contributed by atoms with Crippen molar-refractivity contribution in [3.05, 3.63) is 80.1 Å². The van der Waals surface area contributed by atoms with Gasteiger partial charge in [0.1, 0.15) is 11.7 Å². The summed E-state index contributed by atoms with van der Waals surface area (Å²) in [7, 11) is 0. The highest BCUT2D eigenvalue weighted by Crippen LogP contribution is 2.21. The van der Waals surface area contributed by atoms with E-state index in [1.54, 1.807) is 30.5 Å². The topological polar surface area (TPSA) is 86.1 Å². The molecule has 158 valence electrons. The van der Waals surface area contributed by atoms with Crippen molar-refractivity contribution in [3.8, 4) is 0 Å². The van der Waals surface area contributed by atoms with Crippen LogP contribution < -0.4 is 5.32 Å². The van der Waals surface area contributed by atoms with Gasteiger partial charge in [0.15, 0.2) is 5.78 Å². The van der Waals surface area contributed by atoms with Gasteiger partial charge >= 0.3 is 0 Å². The smallest absolute Gasteiger partial charge is 0.267 e. The molecule has 0 bridgehead atoms. The lowest BCUT2D eigenvalue weighted by molar-refractivity contribution is 0.0993. The summed E-state index contributed by atoms with van der Waals surface area (Å²) in [5.74, 6) is 0.625. The Morgan fingerprint density at radius 3 is 2.45 bits per heavy atom. The number of carbonyl (C=O) groups excluding carboxylic acids is 2. The number of carbonyl (C=O) groups is 2. The second kappa shape index (κ2) is 9.53. The fraction of sp³-hybridized carbons (Fsp3) is 0.217. The van der Waals surface area contributed by atoms with Gasteiger partial charge in [-0.2, -0.15) is 0 Å². The van der Waals surface area contributed by atoms with Crippen LogP contribution in [0.1, 0.15) is 44.0 Å². The Hall–Kier alpha value is -2.84. The number of amidine groups is 1. The highest BCUT2D eigenvalue weighted by atomic mass is 79.9. The number of aromatic nitrogens is 1. The molecule has 3 aromatic rings. The molecule has 0 atom stereocenters. The SMILES string of the molecule is N=C(c1ccc(C(=O)Cc2ccsc2C(=O)Nc2ccc(Br)cn2)cc1)N1CCCC1. The van der Waals surface area contributed by atoms with Crippen LogP contribution in [0.4, 0.5) is 5.82 Å². The lowest BCUT2D eigenvalue weighted by atomic mass is 10.0. The zero-order chi connectivity index (χ0) is 21.8. The van der Waals surface area contributed by atoms with Gasteiger partial charge in [0.05, 0.1) is 4.88 Å². The summed E-state index contributed by atoms with van der Waals surface area (Å²) in [4.78, 5) is 32.2. The zero-order valence-corrected chi connectivity index (χ0v) is 19.1. The molecule has 0 spiro atoms. The third-order valence-electron chi connectivity index (χ3n) is 5.18. The number of anilines is 1. The molecule has 0 aliphatic carbocycles. The number of nitrogens with one attached hydrogen (secondary N) is 2. The quantitative estimate of drug-likeness (QED) is 0.285. The third-order valence-corrected chi connectivity index (χ3v) is 6.60. The first-order chi connectivity index (χ1) is 15.0. The van der Waals surface area contributed by atoms with Crippen LogP contribution in [-0.4, -0.2) is 40.5 Å². The van der Waals surface area contributed by atoms with Crippen molar-refractivity contribution in [3.63, 3.8) is 0 Å². The van der Waals surface area contributed by atoms with Gasteiger partial charge in [-0.1, -0.05) is 24.3 Å². The Morgan fingerprint density at radius 1 is 1.06 bits per heavy atom. The number of thiophene rings is 1. The molecule has 0 saturated carbocycles. The molecular weight excluding hydrogens is 476 g/mol. The van der Waals surface area contributed by atoms with Crippen molar-refractivity contribution in [2.45, 2.75) is 19.3 Å². The number of hydrogen-bond donors (Lipinski definition) is 2. The first kappa shape index (κ1) is 21.4. The molecule has 31 heavy (non-hydrogen) atoms. The van der Waals surface area contributed by atoms with Crippen LogP contribution >= 0.6 is 27.3 Å². The summed E-state index contributed by atoms with van der Waals surface area (Å²) < 4.78 is 0.828. The summed E-state index contributed by atoms with van der Waals surface area (Å²) >= 11 is 4.62. The van der Waals surface area contributed by atoms with Crippen molar-refractivity contribution >= 4 is 50.6 Å². The van der Waals surface area contributed by atoms with Gasteiger partial charge in [0.25, 0.3) is 5.91 Å². The van der Waals surface area contributed by atoms with Crippen molar-refractivity contribution < 1.29 is 9.59 Å². The van der Waals surface area contributed by atoms with Crippen molar-refractivity contribution in [1.82, 2.24) is 9.88 Å². The van der Waals surface area contributed by atoms with Crippen molar-refractivity contribution in [2.75, 3.05) is 18.4 Å². The molecule has 4 rings (SSSR count). The number of likely N-dealkylation sites (tertiary alicyclic amines) is 1. The summed E-state index contributed by atoms with van der Waals surface area (Å²) in [6.07, 6.45) is 3.99. The summed E-state index contributed by atoms with van der Waals surface area (Å²) in [5, 5.41) is 12.9. The molecule has 3 heterocycles. The van der Waals surface area contributed by atoms with Gasteiger partial charge in [0, 0.05) is 41.3 Å². The maximum absolute atomic E-state index is 12.8. The number of hydrogen-bond acceptors (Lipinski definition) is 5. The molecule has 1 fully saturated rings. The molecule has 1 aliphatic rings. The Morgan fingerprint density at radius 2 is 1.77 bits per heavy atom. The molecule has 2 N–H and O–H groups in total. The number of rotatable bonds is 6. The van der Waals surface area contributed by atoms with Crippen LogP contribution in [-0.2, 0) is 6.42 Å². The molecule has 0 unspecified atom stereocenters. The number of nitrogens with zero attached hydrogens (tertiary/aromatic N) is 2. The van der Waals surface area contributed by atoms with E-state index in [1.807, 2.05) is 23.6 Å². The van der Waals surface area contributed by atoms with Crippen molar-refractivity contribution in [2.24, 2.45) is 0 Å². The first-order valence-corrected chi connectivity index (χ1v) is 11.6. The standard InChI is InChI=1S/C23H21BrN4O2S/c24-18-7-8-20(26-14-18)27-23(30)21-17(9-12-31-21)13-19(29)15-3-5-16(6-4-15)22(25)28-10-1-2-11-28/h3-9,12,14,25H,1-2,10-11,13H2,(H,26,27,30). The van der Waals surface area contributed by atoms with Gasteiger partial charge in [-0.05, 0) is 57.9 Å². The summed E-state index contributed by atoms with van der Waals surface area (Å²) in [6.45, 7) is 1.83. The van der Waals surface area contributed by atoms with E-state index in [1.165, 1.54) is 11.3 Å². The van der Waals surface area contributed by atoms with E-state index < -0.39 is 0 Å². The van der Waals surface area contributed by atoms with E-state index in [-0.39, 0.29) is 18.1 Å². The largest absolute Gasteiger partial charge is 0.357 e. The predicted octanol–water partition coefficient (Wildman–Crippen LogP) is 5.00. The monoisotopic (exact) mass is 496 g/mol. The van der Waals surface area contributed by atoms with E-state index in [9.17, 15) is 9.59 Å². The van der Waals surface area contributed by atoms with E-state index in [0.717, 1.165) is 36.0 Å². The van der Waals surface area contributed by atoms with Gasteiger partial charge in [0.2, 0.25) is 0 Å². The van der Waals surface area contributed by atoms with E-state index in [0.29, 0.717) is 27.7 Å². The van der Waals surface area contributed by atoms with Crippen LogP contribution in [0.2, 0.25) is 0 Å². The average Bonchev–Trinajstić information content (AvgIpc) is 3.47. The lowest BCUT2D eigenvalue weighted by Crippen LogP contribution is -2.27. The van der Waals surface area contributed by atoms with E-state index in [2.05, 4.69) is 31.1 Å². The molecule has 0 radical (unpaired) electrons. The van der Waals surface area contributed by atoms with E-state index in [4.69, 9.17) is 5.41 Å². The third kappa shape index (κ3) is 5.08. The second-order valence-electron chi connectivity index (χ2n) is 7.31. The molecule has 1 amide bonds. The minimum atomic E-state index is -0.276. The van der Waals surface area contributed by atoms with Gasteiger partial charge in [-0.3, -0.25) is 15.0 Å². The van der Waals surface area contributed by atoms with Crippen LogP contribution in [0.3, 0.4) is 0 Å². The van der Waals surface area contributed by atoms with Crippen LogP contribution in [0, 0.1) is 5.41 Å². The number of halogens is 1. The van der Waals surface area contributed by atoms with Crippen LogP contribution in [0.15, 0.2) is 58.5 Å². The fourth-order valence-electron chi connectivity index (χ4n) is 3.51. The highest BCUT2D eigenvalue weighted by molar-refractivity contribution is 9.10. The maximum Gasteiger partial charge on any atom is 0.267 e. The fourth-order valence-corrected chi connectivity index (χ4v) is 4.56. The van der Waals surface area contributed by atoms with E-state index >= 15 is 0 Å². The molecule has 1 aromatic carbocycles. The minimum absolute atomic E-state index is 0.0616. The number of Topliss-reactive ketones (excluding diaryl/α,β-unsaturated/α-hetero) is 1. The molecule has 6 nitrogen and oxygen atoms in total. The van der Waals surface area contributed by atoms with Crippen molar-refractivity contribution in [1.29, 1.82) is 5.41 Å². The summed E-state index contributed by atoms with van der Waals surface area (Å²) in [5.41, 5.74) is 2.08. The normalized spacial score (nSPS) is 13.3. The van der Waals surface area contributed by atoms with Gasteiger partial charge in [-0.25, -0.2) is 4.98 Å². The van der Waals surface area contributed by atoms with Crippen LogP contribution in [0.5, 0.6) is 0 Å². The maximum atomic E-state index is 12.8. The first-order valence-electron chi connectivity index (χ1n) is 9.97. The zero-order valence-electron chi connectivity index (χ0n) is 16.7. The Bertz CT molecular complexity index is 1100. The van der Waals surface area contributed by atoms with Gasteiger partial charge in [-0.15, -0.1) is 11.3 Å². The average molecular weight is 497 g/mol.